The molecule has 0 bridgehead atoms. The largest absolute Gasteiger partial charge is 0.269 e. The fourth-order valence-electron chi connectivity index (χ4n) is 4.02. The summed E-state index contributed by atoms with van der Waals surface area (Å²) in [6, 6.07) is 27.4. The van der Waals surface area contributed by atoms with E-state index in [-0.39, 0.29) is 19.0 Å². The van der Waals surface area contributed by atoms with Gasteiger partial charge < -0.3 is 0 Å². The number of sulfonamides is 2. The fraction of sp³-hybridized carbons (Fsp3) is 0.125. The molecule has 0 aliphatic carbocycles. The molecule has 218 valence electrons. The van der Waals surface area contributed by atoms with Crippen molar-refractivity contribution in [2.24, 2.45) is 0 Å². The van der Waals surface area contributed by atoms with Crippen LogP contribution in [0.4, 0.5) is 11.4 Å². The summed E-state index contributed by atoms with van der Waals surface area (Å²) < 4.78 is 58.3. The van der Waals surface area contributed by atoms with Gasteiger partial charge in [0.05, 0.1) is 21.2 Å². The van der Waals surface area contributed by atoms with E-state index >= 15 is 0 Å². The molecule has 0 atom stereocenters. The van der Waals surface area contributed by atoms with Crippen molar-refractivity contribution in [1.82, 2.24) is 0 Å². The van der Waals surface area contributed by atoms with Crippen molar-refractivity contribution in [2.75, 3.05) is 8.61 Å². The van der Waals surface area contributed by atoms with Gasteiger partial charge in [-0.2, -0.15) is 0 Å². The Morgan fingerprint density at radius 3 is 0.976 bits per heavy atom. The Morgan fingerprint density at radius 1 is 0.476 bits per heavy atom. The van der Waals surface area contributed by atoms with E-state index in [9.17, 15) is 16.8 Å². The van der Waals surface area contributed by atoms with Gasteiger partial charge >= 0.3 is 0 Å². The molecule has 4 aromatic rings. The van der Waals surface area contributed by atoms with Gasteiger partial charge in [-0.1, -0.05) is 70.8 Å². The fourth-order valence-corrected chi connectivity index (χ4v) is 8.60. The van der Waals surface area contributed by atoms with Gasteiger partial charge in [-0.3, -0.25) is 0 Å². The van der Waals surface area contributed by atoms with Crippen molar-refractivity contribution in [3.05, 3.63) is 141 Å². The number of aryl methyl sites for hydroxylation is 4. The van der Waals surface area contributed by atoms with Crippen molar-refractivity contribution in [3.63, 3.8) is 0 Å². The second kappa shape index (κ2) is 13.0. The van der Waals surface area contributed by atoms with Crippen molar-refractivity contribution in [1.29, 1.82) is 0 Å². The Morgan fingerprint density at radius 2 is 0.714 bits per heavy atom. The summed E-state index contributed by atoms with van der Waals surface area (Å²) in [5.74, 6) is 0. The molecule has 0 saturated carbocycles. The predicted molar refractivity (Wildman–Crippen MR) is 178 cm³/mol. The van der Waals surface area contributed by atoms with Crippen molar-refractivity contribution >= 4 is 63.3 Å². The summed E-state index contributed by atoms with van der Waals surface area (Å²) in [4.78, 5) is 0.232. The third-order valence-electron chi connectivity index (χ3n) is 6.40. The summed E-state index contributed by atoms with van der Waals surface area (Å²) in [7, 11) is -8.08. The first-order chi connectivity index (χ1) is 19.8. The number of rotatable bonds is 9. The minimum absolute atomic E-state index is 0.116. The lowest BCUT2D eigenvalue weighted by molar-refractivity contribution is 0.593. The Labute approximate surface area is 265 Å². The van der Waals surface area contributed by atoms with Crippen LogP contribution in [0.15, 0.2) is 128 Å². The number of hydrogen-bond acceptors (Lipinski definition) is 4. The van der Waals surface area contributed by atoms with Crippen LogP contribution in [-0.2, 0) is 20.0 Å². The van der Waals surface area contributed by atoms with Gasteiger partial charge in [0.15, 0.2) is 0 Å². The second-order valence-corrected chi connectivity index (χ2v) is 15.0. The first-order valence-corrected chi connectivity index (χ1v) is 17.4. The molecule has 10 heteroatoms. The average Bonchev–Trinajstić information content (AvgIpc) is 2.94. The van der Waals surface area contributed by atoms with Gasteiger partial charge in [0.2, 0.25) is 0 Å². The van der Waals surface area contributed by atoms with Gasteiger partial charge in [-0.25, -0.2) is 25.4 Å². The maximum Gasteiger partial charge on any atom is 0.269 e. The van der Waals surface area contributed by atoms with E-state index in [1.807, 2.05) is 52.0 Å². The maximum absolute atomic E-state index is 13.9. The lowest BCUT2D eigenvalue weighted by Crippen LogP contribution is -2.29. The second-order valence-electron chi connectivity index (χ2n) is 9.81. The first-order valence-electron chi connectivity index (χ1n) is 12.9. The molecule has 4 rings (SSSR count). The molecule has 0 saturated heterocycles. The van der Waals surface area contributed by atoms with Crippen LogP contribution in [0, 0.1) is 27.7 Å². The van der Waals surface area contributed by atoms with Crippen LogP contribution in [0.5, 0.6) is 0 Å². The van der Waals surface area contributed by atoms with E-state index in [0.717, 1.165) is 22.3 Å². The first kappa shape index (κ1) is 31.7. The van der Waals surface area contributed by atoms with E-state index in [1.165, 1.54) is 20.8 Å². The van der Waals surface area contributed by atoms with Gasteiger partial charge in [0.25, 0.3) is 20.0 Å². The number of hydrogen-bond donors (Lipinski definition) is 0. The number of allylic oxidation sites excluding steroid dienone is 2. The molecule has 0 aliphatic heterocycles. The van der Waals surface area contributed by atoms with E-state index < -0.39 is 20.0 Å². The molecule has 0 spiro atoms. The van der Waals surface area contributed by atoms with Crippen molar-refractivity contribution in [2.45, 2.75) is 37.5 Å². The number of halogens is 2. The Kier molecular flexibility index (Phi) is 9.82. The lowest BCUT2D eigenvalue weighted by Gasteiger charge is -2.25. The van der Waals surface area contributed by atoms with E-state index in [0.29, 0.717) is 11.4 Å². The van der Waals surface area contributed by atoms with Crippen LogP contribution < -0.4 is 8.61 Å². The molecular formula is C32H30Br2N2O4S2. The zero-order chi connectivity index (χ0) is 30.7. The minimum Gasteiger partial charge on any atom is -0.228 e. The molecule has 0 heterocycles. The number of benzene rings is 4. The molecule has 0 fully saturated rings. The Bertz CT molecular complexity index is 1700. The van der Waals surface area contributed by atoms with Gasteiger partial charge in [0.1, 0.15) is 9.21 Å². The number of nitrogens with zero attached hydrogens (tertiary/aromatic N) is 2. The van der Waals surface area contributed by atoms with Gasteiger partial charge in [-0.05, 0) is 120 Å². The smallest absolute Gasteiger partial charge is 0.228 e. The summed E-state index contributed by atoms with van der Waals surface area (Å²) in [6.07, 6.45) is 3.00. The van der Waals surface area contributed by atoms with Crippen LogP contribution >= 0.6 is 31.9 Å². The third kappa shape index (κ3) is 7.06. The standard InChI is InChI=1S/C32H30Br2N2O4S2/c1-23-5-13-27(14-6-23)35(41(37,38)29-17-9-25(3)10-18-29)31(33)21-22-32(34)36(28-15-7-24(2)8-16-28)42(39,40)30-19-11-26(4)12-20-30/h5-22H,1-4H3/b31-21-,32-22-. The molecule has 42 heavy (non-hydrogen) atoms. The topological polar surface area (TPSA) is 74.8 Å². The van der Waals surface area contributed by atoms with Crippen LogP contribution in [0.25, 0.3) is 0 Å². The maximum atomic E-state index is 13.9. The molecule has 0 aliphatic rings. The summed E-state index contributed by atoms with van der Waals surface area (Å²) >= 11 is 6.94. The molecule has 4 aromatic carbocycles. The predicted octanol–water partition coefficient (Wildman–Crippen LogP) is 8.48. The molecule has 0 unspecified atom stereocenters. The van der Waals surface area contributed by atoms with Crippen LogP contribution in [0.3, 0.4) is 0 Å². The Balaban J connectivity index is 1.84. The highest BCUT2D eigenvalue weighted by Gasteiger charge is 2.29. The Hall–Kier alpha value is -3.18. The highest BCUT2D eigenvalue weighted by atomic mass is 79.9. The summed E-state index contributed by atoms with van der Waals surface area (Å²) in [5, 5.41) is 0. The molecule has 0 aromatic heterocycles. The molecular weight excluding hydrogens is 700 g/mol. The molecule has 0 radical (unpaired) electrons. The zero-order valence-corrected chi connectivity index (χ0v) is 28.3. The molecule has 6 nitrogen and oxygen atoms in total. The molecule has 0 amide bonds. The van der Waals surface area contributed by atoms with Crippen LogP contribution in [-0.4, -0.2) is 16.8 Å². The third-order valence-corrected chi connectivity index (χ3v) is 11.6. The molecule has 0 N–H and O–H groups in total. The lowest BCUT2D eigenvalue weighted by atomic mass is 10.2. The quantitative estimate of drug-likeness (QED) is 0.128. The highest BCUT2D eigenvalue weighted by Crippen LogP contribution is 2.34. The van der Waals surface area contributed by atoms with E-state index in [4.69, 9.17) is 0 Å². The van der Waals surface area contributed by atoms with Crippen LogP contribution in [0.1, 0.15) is 22.3 Å². The number of anilines is 2. The highest BCUT2D eigenvalue weighted by molar-refractivity contribution is 9.12. The van der Waals surface area contributed by atoms with Crippen molar-refractivity contribution < 1.29 is 16.8 Å². The average molecular weight is 731 g/mol. The van der Waals surface area contributed by atoms with Gasteiger partial charge in [-0.15, -0.1) is 0 Å². The minimum atomic E-state index is -4.04. The SMILES string of the molecule is Cc1ccc(N(/C(Br)=C\C=C(\Br)N(c2ccc(C)cc2)S(=O)(=O)c2ccc(C)cc2)S(=O)(=O)c2ccc(C)cc2)cc1. The van der Waals surface area contributed by atoms with Gasteiger partial charge in [0, 0.05) is 0 Å². The van der Waals surface area contributed by atoms with E-state index in [2.05, 4.69) is 31.9 Å². The van der Waals surface area contributed by atoms with E-state index in [1.54, 1.807) is 72.8 Å². The van der Waals surface area contributed by atoms with Crippen molar-refractivity contribution in [3.8, 4) is 0 Å². The monoisotopic (exact) mass is 728 g/mol. The normalized spacial score (nSPS) is 12.7. The summed E-state index contributed by atoms with van der Waals surface area (Å²) in [6.45, 7) is 7.61. The summed E-state index contributed by atoms with van der Waals surface area (Å²) in [5.41, 5.74) is 4.65. The van der Waals surface area contributed by atoms with Crippen LogP contribution in [0.2, 0.25) is 0 Å². The zero-order valence-electron chi connectivity index (χ0n) is 23.5.